The van der Waals surface area contributed by atoms with E-state index in [4.69, 9.17) is 4.74 Å². The molecule has 45 heavy (non-hydrogen) atoms. The van der Waals surface area contributed by atoms with Crippen LogP contribution in [0.4, 0.5) is 33.7 Å². The van der Waals surface area contributed by atoms with Crippen molar-refractivity contribution in [3.05, 3.63) is 59.4 Å². The summed E-state index contributed by atoms with van der Waals surface area (Å²) >= 11 is 0. The lowest BCUT2D eigenvalue weighted by atomic mass is 9.85. The molecule has 4 amide bonds. The van der Waals surface area contributed by atoms with Gasteiger partial charge in [-0.05, 0) is 61.2 Å². The summed E-state index contributed by atoms with van der Waals surface area (Å²) in [5.41, 5.74) is -1.06. The molecule has 0 bridgehead atoms. The molecule has 3 aliphatic rings. The number of anilines is 2. The lowest BCUT2D eigenvalue weighted by Crippen LogP contribution is -2.62. The molecule has 3 heterocycles. The number of halogens is 4. The van der Waals surface area contributed by atoms with Gasteiger partial charge < -0.3 is 30.5 Å². The first-order valence-electron chi connectivity index (χ1n) is 15.0. The van der Waals surface area contributed by atoms with E-state index >= 15 is 0 Å². The molecular formula is C31H38F4N6O4. The summed E-state index contributed by atoms with van der Waals surface area (Å²) in [5.74, 6) is -3.11. The quantitative estimate of drug-likeness (QED) is 0.400. The van der Waals surface area contributed by atoms with Crippen molar-refractivity contribution in [3.63, 3.8) is 0 Å². The molecule has 3 saturated heterocycles. The highest BCUT2D eigenvalue weighted by Gasteiger charge is 2.47. The van der Waals surface area contributed by atoms with E-state index in [2.05, 4.69) is 16.0 Å². The molecule has 244 valence electrons. The third-order valence-corrected chi connectivity index (χ3v) is 8.69. The van der Waals surface area contributed by atoms with Crippen LogP contribution in [0, 0.1) is 11.7 Å². The fourth-order valence-electron chi connectivity index (χ4n) is 5.90. The summed E-state index contributed by atoms with van der Waals surface area (Å²) in [4.78, 5) is 45.1. The predicted octanol–water partition coefficient (Wildman–Crippen LogP) is 3.89. The molecule has 0 saturated carbocycles. The van der Waals surface area contributed by atoms with Gasteiger partial charge in [0.2, 0.25) is 5.91 Å². The lowest BCUT2D eigenvalue weighted by Gasteiger charge is -2.48. The molecule has 3 aliphatic heterocycles. The molecule has 2 aromatic rings. The summed E-state index contributed by atoms with van der Waals surface area (Å²) < 4.78 is 59.9. The topological polar surface area (TPSA) is 106 Å². The summed E-state index contributed by atoms with van der Waals surface area (Å²) in [5, 5.41) is 9.12. The maximum absolute atomic E-state index is 14.4. The molecule has 3 N–H and O–H groups in total. The van der Waals surface area contributed by atoms with Crippen LogP contribution in [0.25, 0.3) is 0 Å². The van der Waals surface area contributed by atoms with Crippen LogP contribution in [0.15, 0.2) is 42.5 Å². The SMILES string of the molecule is CC(C)[C@@H](NC(=O)c1cc(C(F)(F)F)ccc1F)C(=O)N1CCC2(CC1)COCN(C)C(=O)N2c1ccc(NC2CNC2)cc1. The van der Waals surface area contributed by atoms with E-state index in [0.717, 1.165) is 18.8 Å². The molecule has 14 heteroatoms. The maximum Gasteiger partial charge on any atom is 0.416 e. The Morgan fingerprint density at radius 3 is 2.31 bits per heavy atom. The Hall–Kier alpha value is -3.91. The molecule has 10 nitrogen and oxygen atoms in total. The zero-order valence-electron chi connectivity index (χ0n) is 25.4. The predicted molar refractivity (Wildman–Crippen MR) is 159 cm³/mol. The number of hydrogen-bond donors (Lipinski definition) is 3. The van der Waals surface area contributed by atoms with E-state index < -0.39 is 52.4 Å². The molecule has 0 unspecified atom stereocenters. The first-order chi connectivity index (χ1) is 21.3. The first kappa shape index (κ1) is 32.5. The summed E-state index contributed by atoms with van der Waals surface area (Å²) in [6, 6.07) is 8.25. The number of carbonyl (C=O) groups is 3. The monoisotopic (exact) mass is 634 g/mol. The van der Waals surface area contributed by atoms with Gasteiger partial charge in [0.05, 0.1) is 29.3 Å². The zero-order chi connectivity index (χ0) is 32.5. The number of nitrogens with one attached hydrogen (secondary N) is 3. The summed E-state index contributed by atoms with van der Waals surface area (Å²) in [6.45, 7) is 5.98. The van der Waals surface area contributed by atoms with Crippen molar-refractivity contribution < 1.29 is 36.7 Å². The minimum absolute atomic E-state index is 0.113. The second-order valence-corrected chi connectivity index (χ2v) is 12.3. The van der Waals surface area contributed by atoms with Crippen LogP contribution in [0.2, 0.25) is 0 Å². The van der Waals surface area contributed by atoms with Crippen LogP contribution in [0.1, 0.15) is 42.6 Å². The molecule has 0 radical (unpaired) electrons. The van der Waals surface area contributed by atoms with E-state index in [9.17, 15) is 31.9 Å². The van der Waals surface area contributed by atoms with Crippen LogP contribution in [0.5, 0.6) is 0 Å². The Balaban J connectivity index is 1.31. The van der Waals surface area contributed by atoms with Gasteiger partial charge in [0.25, 0.3) is 5.91 Å². The number of amides is 4. The van der Waals surface area contributed by atoms with Crippen molar-refractivity contribution in [2.24, 2.45) is 5.92 Å². The molecular weight excluding hydrogens is 596 g/mol. The molecule has 1 atom stereocenters. The van der Waals surface area contributed by atoms with Gasteiger partial charge >= 0.3 is 12.2 Å². The highest BCUT2D eigenvalue weighted by molar-refractivity contribution is 5.98. The summed E-state index contributed by atoms with van der Waals surface area (Å²) in [7, 11) is 1.66. The Bertz CT molecular complexity index is 1410. The van der Waals surface area contributed by atoms with Crippen LogP contribution in [-0.4, -0.2) is 91.8 Å². The van der Waals surface area contributed by atoms with Crippen LogP contribution >= 0.6 is 0 Å². The molecule has 2 aromatic carbocycles. The minimum atomic E-state index is -4.77. The fraction of sp³-hybridized carbons (Fsp3) is 0.516. The van der Waals surface area contributed by atoms with Crippen molar-refractivity contribution in [2.75, 3.05) is 56.8 Å². The van der Waals surface area contributed by atoms with E-state index in [0.29, 0.717) is 42.8 Å². The number of alkyl halides is 3. The fourth-order valence-corrected chi connectivity index (χ4v) is 5.90. The van der Waals surface area contributed by atoms with Gasteiger partial charge in [-0.25, -0.2) is 9.18 Å². The lowest BCUT2D eigenvalue weighted by molar-refractivity contribution is -0.138. The number of nitrogens with zero attached hydrogens (tertiary/aromatic N) is 3. The number of rotatable bonds is 7. The second-order valence-electron chi connectivity index (χ2n) is 12.3. The van der Waals surface area contributed by atoms with Gasteiger partial charge in [-0.2, -0.15) is 13.2 Å². The van der Waals surface area contributed by atoms with E-state index in [1.54, 1.807) is 30.7 Å². The van der Waals surface area contributed by atoms with Crippen molar-refractivity contribution in [3.8, 4) is 0 Å². The van der Waals surface area contributed by atoms with Gasteiger partial charge in [-0.15, -0.1) is 0 Å². The molecule has 0 aromatic heterocycles. The first-order valence-corrected chi connectivity index (χ1v) is 15.0. The van der Waals surface area contributed by atoms with Gasteiger partial charge in [-0.3, -0.25) is 14.5 Å². The van der Waals surface area contributed by atoms with Crippen LogP contribution in [-0.2, 0) is 15.7 Å². The number of likely N-dealkylation sites (tertiary alicyclic amines) is 1. The van der Waals surface area contributed by atoms with Crippen molar-refractivity contribution in [1.29, 1.82) is 0 Å². The smallest absolute Gasteiger partial charge is 0.380 e. The summed E-state index contributed by atoms with van der Waals surface area (Å²) in [6.07, 6.45) is -4.00. The van der Waals surface area contributed by atoms with E-state index in [1.807, 2.05) is 24.3 Å². The Kier molecular flexibility index (Phi) is 9.26. The average molecular weight is 635 g/mol. The standard InChI is InChI=1S/C31H38F4N6O4/c1-19(2)26(38-27(42)24-14-20(31(33,34)35)4-9-25(24)32)28(43)40-12-10-30(11-13-40)17-45-18-39(3)29(44)41(30)23-7-5-21(6-8-23)37-22-15-36-16-22/h4-9,14,19,22,26,36-37H,10-13,15-18H2,1-3H3,(H,38,42)/t26-/m1/s1. The highest BCUT2D eigenvalue weighted by Crippen LogP contribution is 2.37. The van der Waals surface area contributed by atoms with Crippen LogP contribution in [0.3, 0.4) is 0 Å². The maximum atomic E-state index is 14.4. The van der Waals surface area contributed by atoms with Crippen molar-refractivity contribution in [1.82, 2.24) is 20.4 Å². The van der Waals surface area contributed by atoms with Crippen LogP contribution < -0.4 is 20.9 Å². The molecule has 0 aliphatic carbocycles. The number of carbonyl (C=O) groups excluding carboxylic acids is 3. The normalized spacial score (nSPS) is 19.7. The Morgan fingerprint density at radius 2 is 1.73 bits per heavy atom. The number of benzene rings is 2. The largest absolute Gasteiger partial charge is 0.416 e. The number of hydrogen-bond acceptors (Lipinski definition) is 6. The van der Waals surface area contributed by atoms with Crippen molar-refractivity contribution >= 4 is 29.2 Å². The molecule has 5 rings (SSSR count). The van der Waals surface area contributed by atoms with E-state index in [-0.39, 0.29) is 32.5 Å². The van der Waals surface area contributed by atoms with Crippen molar-refractivity contribution in [2.45, 2.75) is 50.5 Å². The van der Waals surface area contributed by atoms with Gasteiger partial charge in [-0.1, -0.05) is 13.8 Å². The number of urea groups is 1. The Labute approximate surface area is 259 Å². The third kappa shape index (κ3) is 6.86. The molecule has 3 fully saturated rings. The number of piperidine rings is 1. The van der Waals surface area contributed by atoms with E-state index in [1.165, 1.54) is 4.90 Å². The molecule has 1 spiro atoms. The average Bonchev–Trinajstić information content (AvgIpc) is 3.09. The van der Waals surface area contributed by atoms with Gasteiger partial charge in [0, 0.05) is 44.6 Å². The minimum Gasteiger partial charge on any atom is -0.380 e. The van der Waals surface area contributed by atoms with Gasteiger partial charge in [0.15, 0.2) is 0 Å². The highest BCUT2D eigenvalue weighted by atomic mass is 19.4. The number of ether oxygens (including phenoxy) is 1. The second kappa shape index (κ2) is 12.8. The third-order valence-electron chi connectivity index (χ3n) is 8.69. The van der Waals surface area contributed by atoms with Gasteiger partial charge in [0.1, 0.15) is 18.6 Å². The zero-order valence-corrected chi connectivity index (χ0v) is 25.4. The Morgan fingerprint density at radius 1 is 1.07 bits per heavy atom.